The number of esters is 1. The van der Waals surface area contributed by atoms with Gasteiger partial charge in [-0.1, -0.05) is 0 Å². The van der Waals surface area contributed by atoms with Crippen LogP contribution >= 0.6 is 0 Å². The van der Waals surface area contributed by atoms with Crippen LogP contribution in [0.3, 0.4) is 0 Å². The first-order chi connectivity index (χ1) is 14.8. The highest BCUT2D eigenvalue weighted by Crippen LogP contribution is 2.29. The number of amides is 2. The largest absolute Gasteiger partial charge is 0.495 e. The van der Waals surface area contributed by atoms with E-state index in [1.54, 1.807) is 0 Å². The second-order valence-corrected chi connectivity index (χ2v) is 8.87. The predicted molar refractivity (Wildman–Crippen MR) is 107 cm³/mol. The van der Waals surface area contributed by atoms with Crippen LogP contribution in [0.5, 0.6) is 5.75 Å². The summed E-state index contributed by atoms with van der Waals surface area (Å²) in [6.45, 7) is 1.33. The van der Waals surface area contributed by atoms with Gasteiger partial charge in [0, 0.05) is 31.7 Å². The van der Waals surface area contributed by atoms with Gasteiger partial charge in [0.2, 0.25) is 15.9 Å². The number of nitrogens with one attached hydrogen (secondary N) is 1. The molecule has 2 saturated heterocycles. The van der Waals surface area contributed by atoms with E-state index in [0.717, 1.165) is 0 Å². The molecule has 12 heteroatoms. The van der Waals surface area contributed by atoms with Crippen molar-refractivity contribution in [2.24, 2.45) is 0 Å². The van der Waals surface area contributed by atoms with Gasteiger partial charge in [-0.3, -0.25) is 14.4 Å². The predicted octanol–water partition coefficient (Wildman–Crippen LogP) is -0.780. The fourth-order valence-corrected chi connectivity index (χ4v) is 5.09. The molecule has 0 aromatic heterocycles. The minimum absolute atomic E-state index is 0.0669. The van der Waals surface area contributed by atoms with Crippen LogP contribution in [0.15, 0.2) is 23.1 Å². The average molecular weight is 455 g/mol. The normalized spacial score (nSPS) is 20.1. The molecule has 2 fully saturated rings. The number of morpholine rings is 1. The van der Waals surface area contributed by atoms with E-state index in [1.807, 2.05) is 0 Å². The summed E-state index contributed by atoms with van der Waals surface area (Å²) in [5.74, 6) is -1.57. The maximum absolute atomic E-state index is 13.2. The molecule has 2 amide bonds. The van der Waals surface area contributed by atoms with Crippen molar-refractivity contribution in [3.05, 3.63) is 23.8 Å². The SMILES string of the molecule is COC(=O)C[C@H]1C(=O)NCCN1C(=O)c1ccc(OC)c(S(=O)(=O)N2CCOCC2)c1. The van der Waals surface area contributed by atoms with E-state index in [9.17, 15) is 22.8 Å². The minimum atomic E-state index is -3.93. The Bertz CT molecular complexity index is 959. The Morgan fingerprint density at radius 1 is 1.19 bits per heavy atom. The third kappa shape index (κ3) is 4.81. The summed E-state index contributed by atoms with van der Waals surface area (Å²) in [5, 5.41) is 2.62. The number of ether oxygens (including phenoxy) is 3. The van der Waals surface area contributed by atoms with Gasteiger partial charge in [-0.05, 0) is 18.2 Å². The van der Waals surface area contributed by atoms with E-state index in [1.165, 1.54) is 41.6 Å². The first kappa shape index (κ1) is 23.0. The molecule has 2 aliphatic heterocycles. The molecule has 1 aromatic carbocycles. The molecule has 0 aliphatic carbocycles. The second-order valence-electron chi connectivity index (χ2n) is 6.97. The zero-order valence-electron chi connectivity index (χ0n) is 17.3. The van der Waals surface area contributed by atoms with Crippen molar-refractivity contribution in [3.63, 3.8) is 0 Å². The molecule has 0 bridgehead atoms. The number of methoxy groups -OCH3 is 2. The van der Waals surface area contributed by atoms with Crippen molar-refractivity contribution in [1.29, 1.82) is 0 Å². The Morgan fingerprint density at radius 3 is 2.55 bits per heavy atom. The van der Waals surface area contributed by atoms with Crippen LogP contribution in [-0.4, -0.2) is 95.1 Å². The molecular weight excluding hydrogens is 430 g/mol. The lowest BCUT2D eigenvalue weighted by molar-refractivity contribution is -0.145. The number of sulfonamides is 1. The molecule has 2 aliphatic rings. The lowest BCUT2D eigenvalue weighted by atomic mass is 10.1. The summed E-state index contributed by atoms with van der Waals surface area (Å²) in [4.78, 5) is 38.3. The molecule has 0 saturated carbocycles. The Morgan fingerprint density at radius 2 is 1.90 bits per heavy atom. The third-order valence-electron chi connectivity index (χ3n) is 5.18. The molecular formula is C19H25N3O8S. The Balaban J connectivity index is 1.95. The first-order valence-electron chi connectivity index (χ1n) is 9.71. The summed E-state index contributed by atoms with van der Waals surface area (Å²) < 4.78 is 42.7. The van der Waals surface area contributed by atoms with Crippen LogP contribution in [-0.2, 0) is 29.1 Å². The van der Waals surface area contributed by atoms with Gasteiger partial charge in [0.05, 0.1) is 33.9 Å². The molecule has 3 rings (SSSR count). The molecule has 2 heterocycles. The highest BCUT2D eigenvalue weighted by Gasteiger charge is 2.36. The molecule has 0 radical (unpaired) electrons. The second kappa shape index (κ2) is 9.62. The fourth-order valence-electron chi connectivity index (χ4n) is 3.51. The van der Waals surface area contributed by atoms with Crippen LogP contribution in [0, 0.1) is 0 Å². The van der Waals surface area contributed by atoms with Gasteiger partial charge >= 0.3 is 5.97 Å². The number of nitrogens with zero attached hydrogens (tertiary/aromatic N) is 2. The van der Waals surface area contributed by atoms with E-state index >= 15 is 0 Å². The number of carbonyl (C=O) groups excluding carboxylic acids is 3. The minimum Gasteiger partial charge on any atom is -0.495 e. The molecule has 170 valence electrons. The number of piperazine rings is 1. The van der Waals surface area contributed by atoms with Gasteiger partial charge in [-0.2, -0.15) is 4.31 Å². The van der Waals surface area contributed by atoms with Crippen molar-refractivity contribution in [3.8, 4) is 5.75 Å². The maximum atomic E-state index is 13.2. The van der Waals surface area contributed by atoms with E-state index in [-0.39, 0.29) is 62.0 Å². The Hall–Kier alpha value is -2.70. The van der Waals surface area contributed by atoms with Gasteiger partial charge in [-0.25, -0.2) is 8.42 Å². The van der Waals surface area contributed by atoms with E-state index < -0.39 is 33.8 Å². The topological polar surface area (TPSA) is 132 Å². The summed E-state index contributed by atoms with van der Waals surface area (Å²) in [7, 11) is -1.39. The van der Waals surface area contributed by atoms with E-state index in [0.29, 0.717) is 0 Å². The van der Waals surface area contributed by atoms with Crippen molar-refractivity contribution < 1.29 is 37.0 Å². The molecule has 1 atom stereocenters. The molecule has 31 heavy (non-hydrogen) atoms. The Kier molecular flexibility index (Phi) is 7.13. The summed E-state index contributed by atoms with van der Waals surface area (Å²) >= 11 is 0. The van der Waals surface area contributed by atoms with Gasteiger partial charge in [0.1, 0.15) is 16.7 Å². The van der Waals surface area contributed by atoms with E-state index in [2.05, 4.69) is 10.1 Å². The van der Waals surface area contributed by atoms with Crippen molar-refractivity contribution in [1.82, 2.24) is 14.5 Å². The molecule has 1 aromatic rings. The smallest absolute Gasteiger partial charge is 0.308 e. The zero-order valence-corrected chi connectivity index (χ0v) is 18.1. The number of hydrogen-bond donors (Lipinski definition) is 1. The van der Waals surface area contributed by atoms with Gasteiger partial charge in [-0.15, -0.1) is 0 Å². The van der Waals surface area contributed by atoms with Crippen LogP contribution in [0.2, 0.25) is 0 Å². The molecule has 11 nitrogen and oxygen atoms in total. The van der Waals surface area contributed by atoms with Crippen molar-refractivity contribution in [2.75, 3.05) is 53.6 Å². The number of benzene rings is 1. The zero-order chi connectivity index (χ0) is 22.6. The molecule has 0 unspecified atom stereocenters. The lowest BCUT2D eigenvalue weighted by Crippen LogP contribution is -2.57. The van der Waals surface area contributed by atoms with Crippen LogP contribution in [0.1, 0.15) is 16.8 Å². The summed E-state index contributed by atoms with van der Waals surface area (Å²) in [6, 6.07) is 3.03. The quantitative estimate of drug-likeness (QED) is 0.553. The maximum Gasteiger partial charge on any atom is 0.308 e. The van der Waals surface area contributed by atoms with Crippen LogP contribution in [0.25, 0.3) is 0 Å². The third-order valence-corrected chi connectivity index (χ3v) is 7.10. The fraction of sp³-hybridized carbons (Fsp3) is 0.526. The van der Waals surface area contributed by atoms with Gasteiger partial charge in [0.15, 0.2) is 0 Å². The van der Waals surface area contributed by atoms with Gasteiger partial charge in [0.25, 0.3) is 5.91 Å². The summed E-state index contributed by atoms with van der Waals surface area (Å²) in [6.07, 6.45) is -0.302. The highest BCUT2D eigenvalue weighted by atomic mass is 32.2. The molecule has 0 spiro atoms. The average Bonchev–Trinajstić information content (AvgIpc) is 2.79. The van der Waals surface area contributed by atoms with E-state index in [4.69, 9.17) is 9.47 Å². The highest BCUT2D eigenvalue weighted by molar-refractivity contribution is 7.89. The number of hydrogen-bond acceptors (Lipinski definition) is 8. The van der Waals surface area contributed by atoms with Crippen molar-refractivity contribution >= 4 is 27.8 Å². The van der Waals surface area contributed by atoms with Crippen molar-refractivity contribution in [2.45, 2.75) is 17.4 Å². The standard InChI is InChI=1S/C19H25N3O8S/c1-28-15-4-3-13(11-16(15)31(26,27)21-7-9-30-10-8-21)19(25)22-6-5-20-18(24)14(22)12-17(23)29-2/h3-4,11,14H,5-10,12H2,1-2H3,(H,20,24)/t14-/m0/s1. The van der Waals surface area contributed by atoms with Gasteiger partial charge < -0.3 is 24.4 Å². The monoisotopic (exact) mass is 455 g/mol. The summed E-state index contributed by atoms with van der Waals surface area (Å²) in [5.41, 5.74) is 0.0669. The van der Waals surface area contributed by atoms with Crippen LogP contribution in [0.4, 0.5) is 0 Å². The number of rotatable bonds is 6. The first-order valence-corrected chi connectivity index (χ1v) is 11.1. The Labute approximate surface area is 180 Å². The number of carbonyl (C=O) groups is 3. The van der Waals surface area contributed by atoms with Crippen LogP contribution < -0.4 is 10.1 Å². The molecule has 1 N–H and O–H groups in total. The lowest BCUT2D eigenvalue weighted by Gasteiger charge is -2.34.